The quantitative estimate of drug-likeness (QED) is 0.505. The smallest absolute Gasteiger partial charge is 0.337 e. The van der Waals surface area contributed by atoms with E-state index >= 15 is 0 Å². The first kappa shape index (κ1) is 20.9. The van der Waals surface area contributed by atoms with E-state index in [1.54, 1.807) is 26.2 Å². The van der Waals surface area contributed by atoms with Crippen molar-refractivity contribution >= 4 is 46.5 Å². The van der Waals surface area contributed by atoms with Crippen LogP contribution in [0.1, 0.15) is 38.3 Å². The summed E-state index contributed by atoms with van der Waals surface area (Å²) in [6, 6.07) is 6.36. The molecule has 2 aromatic carbocycles. The van der Waals surface area contributed by atoms with Crippen LogP contribution in [0.25, 0.3) is 0 Å². The van der Waals surface area contributed by atoms with E-state index in [9.17, 15) is 19.8 Å². The Bertz CT molecular complexity index is 813. The van der Waals surface area contributed by atoms with Gasteiger partial charge in [0.05, 0.1) is 11.1 Å². The molecule has 0 saturated carbocycles. The predicted molar refractivity (Wildman–Crippen MR) is 108 cm³/mol. The van der Waals surface area contributed by atoms with Gasteiger partial charge in [0.25, 0.3) is 0 Å². The van der Waals surface area contributed by atoms with E-state index in [0.29, 0.717) is 40.7 Å². The van der Waals surface area contributed by atoms with Crippen LogP contribution in [0, 0.1) is 0 Å². The van der Waals surface area contributed by atoms with Crippen molar-refractivity contribution in [1.29, 1.82) is 0 Å². The lowest BCUT2D eigenvalue weighted by atomic mass is 10.00. The molecule has 0 fully saturated rings. The summed E-state index contributed by atoms with van der Waals surface area (Å²) in [6.07, 6.45) is 1.96. The molecule has 0 radical (unpaired) electrons. The Morgan fingerprint density at radius 3 is 1.48 bits per heavy atom. The predicted octanol–water partition coefficient (Wildman–Crippen LogP) is 4.65. The van der Waals surface area contributed by atoms with Crippen molar-refractivity contribution in [2.75, 3.05) is 24.7 Å². The molecular weight excluding hydrogens is 391 g/mol. The van der Waals surface area contributed by atoms with Gasteiger partial charge in [0.2, 0.25) is 0 Å². The van der Waals surface area contributed by atoms with E-state index in [1.807, 2.05) is 0 Å². The van der Waals surface area contributed by atoms with Gasteiger partial charge in [0.15, 0.2) is 0 Å². The summed E-state index contributed by atoms with van der Waals surface area (Å²) in [7, 11) is 3.31. The lowest BCUT2D eigenvalue weighted by Crippen LogP contribution is -2.05. The van der Waals surface area contributed by atoms with Crippen LogP contribution in [0.15, 0.2) is 24.3 Å². The zero-order valence-electron chi connectivity index (χ0n) is 14.9. The maximum absolute atomic E-state index is 11.3. The van der Waals surface area contributed by atoms with Crippen LogP contribution in [-0.4, -0.2) is 36.2 Å². The van der Waals surface area contributed by atoms with Crippen molar-refractivity contribution < 1.29 is 19.8 Å². The molecule has 27 heavy (non-hydrogen) atoms. The molecule has 8 heteroatoms. The first-order chi connectivity index (χ1) is 12.8. The lowest BCUT2D eigenvalue weighted by molar-refractivity contribution is 0.0687. The second-order valence-electron chi connectivity index (χ2n) is 5.94. The molecule has 6 nitrogen and oxygen atoms in total. The third kappa shape index (κ3) is 4.84. The largest absolute Gasteiger partial charge is 0.478 e. The van der Waals surface area contributed by atoms with Gasteiger partial charge in [0, 0.05) is 35.5 Å². The van der Waals surface area contributed by atoms with Crippen LogP contribution in [0.2, 0.25) is 10.0 Å². The topological polar surface area (TPSA) is 98.7 Å². The minimum absolute atomic E-state index is 0.122. The fourth-order valence-electron chi connectivity index (χ4n) is 2.86. The van der Waals surface area contributed by atoms with Crippen molar-refractivity contribution in [3.8, 4) is 0 Å². The first-order valence-electron chi connectivity index (χ1n) is 8.25. The van der Waals surface area contributed by atoms with Crippen molar-refractivity contribution in [1.82, 2.24) is 0 Å². The maximum atomic E-state index is 11.3. The van der Waals surface area contributed by atoms with Crippen LogP contribution >= 0.6 is 23.2 Å². The number of anilines is 2. The first-order valence-corrected chi connectivity index (χ1v) is 9.01. The van der Waals surface area contributed by atoms with Gasteiger partial charge in [-0.05, 0) is 54.7 Å². The van der Waals surface area contributed by atoms with Crippen molar-refractivity contribution in [2.45, 2.75) is 19.3 Å². The summed E-state index contributed by atoms with van der Waals surface area (Å²) in [4.78, 5) is 22.5. The number of aromatic carboxylic acids is 2. The maximum Gasteiger partial charge on any atom is 0.337 e. The Balaban J connectivity index is 2.17. The number of aryl methyl sites for hydroxylation is 2. The van der Waals surface area contributed by atoms with Crippen LogP contribution in [-0.2, 0) is 12.8 Å². The van der Waals surface area contributed by atoms with E-state index < -0.39 is 11.9 Å². The van der Waals surface area contributed by atoms with Gasteiger partial charge < -0.3 is 20.8 Å². The molecule has 144 valence electrons. The molecule has 0 bridgehead atoms. The van der Waals surface area contributed by atoms with Gasteiger partial charge in [-0.2, -0.15) is 0 Å². The minimum Gasteiger partial charge on any atom is -0.478 e. The molecule has 0 aliphatic rings. The molecule has 4 N–H and O–H groups in total. The lowest BCUT2D eigenvalue weighted by Gasteiger charge is -2.13. The fraction of sp³-hybridized carbons (Fsp3) is 0.263. The highest BCUT2D eigenvalue weighted by Gasteiger charge is 2.15. The monoisotopic (exact) mass is 410 g/mol. The summed E-state index contributed by atoms with van der Waals surface area (Å²) >= 11 is 12.5. The molecule has 0 atom stereocenters. The molecular formula is C19H20Cl2N2O4. The van der Waals surface area contributed by atoms with Gasteiger partial charge in [-0.25, -0.2) is 9.59 Å². The number of hydrogen-bond acceptors (Lipinski definition) is 4. The highest BCUT2D eigenvalue weighted by Crippen LogP contribution is 2.29. The molecule has 0 amide bonds. The standard InChI is InChI=1S/C19H20Cl2N2O4/c1-22-16-6-10(14(20)8-12(16)18(24)25)4-3-5-11-7-17(23-2)13(19(26)27)9-15(11)21/h6-9,22-23H,3-5H2,1-2H3,(H,24,25)(H,26,27). The zero-order chi connectivity index (χ0) is 20.1. The summed E-state index contributed by atoms with van der Waals surface area (Å²) in [5.74, 6) is -2.09. The fourth-order valence-corrected chi connectivity index (χ4v) is 3.37. The number of benzene rings is 2. The van der Waals surface area contributed by atoms with Crippen LogP contribution in [0.3, 0.4) is 0 Å². The number of halogens is 2. The van der Waals surface area contributed by atoms with E-state index in [-0.39, 0.29) is 11.1 Å². The van der Waals surface area contributed by atoms with Gasteiger partial charge in [0.1, 0.15) is 0 Å². The van der Waals surface area contributed by atoms with Crippen LogP contribution in [0.4, 0.5) is 11.4 Å². The zero-order valence-corrected chi connectivity index (χ0v) is 16.4. The third-order valence-electron chi connectivity index (χ3n) is 4.26. The minimum atomic E-state index is -1.04. The van der Waals surface area contributed by atoms with E-state index in [2.05, 4.69) is 10.6 Å². The third-order valence-corrected chi connectivity index (χ3v) is 4.97. The van der Waals surface area contributed by atoms with Gasteiger partial charge in [-0.1, -0.05) is 23.2 Å². The molecule has 0 aromatic heterocycles. The van der Waals surface area contributed by atoms with Crippen molar-refractivity contribution in [3.63, 3.8) is 0 Å². The second kappa shape index (κ2) is 8.97. The van der Waals surface area contributed by atoms with Crippen LogP contribution in [0.5, 0.6) is 0 Å². The molecule has 0 saturated heterocycles. The molecule has 2 aromatic rings. The Hall–Kier alpha value is -2.44. The number of carboxylic acid groups (broad SMARTS) is 2. The molecule has 0 spiro atoms. The van der Waals surface area contributed by atoms with Crippen LogP contribution < -0.4 is 10.6 Å². The Morgan fingerprint density at radius 2 is 1.19 bits per heavy atom. The molecule has 2 rings (SSSR count). The summed E-state index contributed by atoms with van der Waals surface area (Å²) < 4.78 is 0. The van der Waals surface area contributed by atoms with Crippen molar-refractivity contribution in [2.24, 2.45) is 0 Å². The summed E-state index contributed by atoms with van der Waals surface area (Å²) in [6.45, 7) is 0. The second-order valence-corrected chi connectivity index (χ2v) is 6.76. The van der Waals surface area contributed by atoms with Gasteiger partial charge in [-0.3, -0.25) is 0 Å². The Kier molecular flexibility index (Phi) is 6.93. The molecule has 0 unspecified atom stereocenters. The normalized spacial score (nSPS) is 10.5. The Labute approximate surface area is 167 Å². The average molecular weight is 411 g/mol. The van der Waals surface area contributed by atoms with E-state index in [1.165, 1.54) is 12.1 Å². The molecule has 0 aliphatic carbocycles. The highest BCUT2D eigenvalue weighted by atomic mass is 35.5. The molecule has 0 aliphatic heterocycles. The van der Waals surface area contributed by atoms with E-state index in [0.717, 1.165) is 11.1 Å². The summed E-state index contributed by atoms with van der Waals surface area (Å²) in [5.41, 5.74) is 2.91. The number of nitrogens with one attached hydrogen (secondary N) is 2. The number of carboxylic acids is 2. The Morgan fingerprint density at radius 1 is 0.815 bits per heavy atom. The number of rotatable bonds is 8. The summed E-state index contributed by atoms with van der Waals surface area (Å²) in [5, 5.41) is 25.0. The SMILES string of the molecule is CNc1cc(CCCc2cc(NC)c(C(=O)O)cc2Cl)c(Cl)cc1C(=O)O. The number of hydrogen-bond donors (Lipinski definition) is 4. The highest BCUT2D eigenvalue weighted by molar-refractivity contribution is 6.32. The van der Waals surface area contributed by atoms with Crippen molar-refractivity contribution in [3.05, 3.63) is 56.6 Å². The number of carbonyl (C=O) groups is 2. The van der Waals surface area contributed by atoms with Gasteiger partial charge in [-0.15, -0.1) is 0 Å². The van der Waals surface area contributed by atoms with E-state index in [4.69, 9.17) is 23.2 Å². The average Bonchev–Trinajstić information content (AvgIpc) is 2.63. The van der Waals surface area contributed by atoms with Gasteiger partial charge >= 0.3 is 11.9 Å². The molecule has 0 heterocycles.